The average Bonchev–Trinajstić information content (AvgIpc) is 3.83. The molecule has 0 amide bonds. The number of aliphatic imine (C=N–C) groups is 2. The van der Waals surface area contributed by atoms with Crippen LogP contribution >= 0.6 is 0 Å². The van der Waals surface area contributed by atoms with E-state index in [2.05, 4.69) is 110 Å². The van der Waals surface area contributed by atoms with E-state index in [4.69, 9.17) is 9.98 Å². The van der Waals surface area contributed by atoms with E-state index in [-0.39, 0.29) is 12.3 Å². The first-order valence-electron chi connectivity index (χ1n) is 16.3. The van der Waals surface area contributed by atoms with Crippen molar-refractivity contribution in [3.63, 3.8) is 0 Å². The standard InChI is InChI=1S/C36H46N6/c1-5-29-21(3)15-31(39-29)35-37-19-33(41-35)24-9-7-23(8-10-24)25-11-12-27-18-28(14-13-26(27)17-25)34-20-38-36(42-34)32-16-22(4)30(6-2)40-32/h7-14,17-18,21-22,29-32,35-40H,5-6,15-16,19-20H2,1-4H3. The summed E-state index contributed by atoms with van der Waals surface area (Å²) in [7, 11) is 0. The summed E-state index contributed by atoms with van der Waals surface area (Å²) in [6, 6.07) is 24.6. The van der Waals surface area contributed by atoms with Crippen LogP contribution < -0.4 is 21.3 Å². The van der Waals surface area contributed by atoms with Gasteiger partial charge in [0.1, 0.15) is 12.3 Å². The Balaban J connectivity index is 1.03. The van der Waals surface area contributed by atoms with Crippen LogP contribution in [0.2, 0.25) is 0 Å². The van der Waals surface area contributed by atoms with Gasteiger partial charge in [0.25, 0.3) is 0 Å². The largest absolute Gasteiger partial charge is 0.308 e. The van der Waals surface area contributed by atoms with Crippen molar-refractivity contribution in [3.8, 4) is 11.1 Å². The summed E-state index contributed by atoms with van der Waals surface area (Å²) in [5.74, 6) is 1.43. The van der Waals surface area contributed by atoms with Gasteiger partial charge in [-0.2, -0.15) is 0 Å². The molecular weight excluding hydrogens is 516 g/mol. The lowest BCUT2D eigenvalue weighted by atomic mass is 9.97. The smallest absolute Gasteiger partial charge is 0.116 e. The molecule has 4 N–H and O–H groups in total. The number of nitrogens with zero attached hydrogens (tertiary/aromatic N) is 2. The summed E-state index contributed by atoms with van der Waals surface area (Å²) in [6.07, 6.45) is 5.10. The maximum atomic E-state index is 5.12. The van der Waals surface area contributed by atoms with Crippen LogP contribution in [-0.2, 0) is 0 Å². The minimum Gasteiger partial charge on any atom is -0.308 e. The lowest BCUT2D eigenvalue weighted by molar-refractivity contribution is 0.425. The highest BCUT2D eigenvalue weighted by atomic mass is 15.2. The van der Waals surface area contributed by atoms with Gasteiger partial charge in [0.15, 0.2) is 0 Å². The number of hydrogen-bond donors (Lipinski definition) is 4. The van der Waals surface area contributed by atoms with E-state index in [1.54, 1.807) is 0 Å². The van der Waals surface area contributed by atoms with Gasteiger partial charge in [-0.25, -0.2) is 0 Å². The topological polar surface area (TPSA) is 72.8 Å². The molecule has 0 spiro atoms. The molecule has 3 aromatic rings. The zero-order valence-electron chi connectivity index (χ0n) is 25.5. The molecule has 6 nitrogen and oxygen atoms in total. The second kappa shape index (κ2) is 11.6. The van der Waals surface area contributed by atoms with E-state index in [1.165, 1.54) is 70.1 Å². The molecule has 3 aromatic carbocycles. The third-order valence-corrected chi connectivity index (χ3v) is 10.4. The zero-order valence-corrected chi connectivity index (χ0v) is 25.5. The third-order valence-electron chi connectivity index (χ3n) is 10.4. The SMILES string of the molecule is CCC1NC(C2N=C(c3ccc(-c4ccc5cc(C6=NC(C7CC(C)C(CC)N7)NC6)ccc5c4)cc3)CN2)CC1C. The third kappa shape index (κ3) is 5.35. The molecule has 8 atom stereocenters. The van der Waals surface area contributed by atoms with Gasteiger partial charge in [0, 0.05) is 37.3 Å². The van der Waals surface area contributed by atoms with Crippen molar-refractivity contribution in [2.24, 2.45) is 21.8 Å². The summed E-state index contributed by atoms with van der Waals surface area (Å²) in [5.41, 5.74) is 7.26. The van der Waals surface area contributed by atoms with Crippen molar-refractivity contribution >= 4 is 22.2 Å². The van der Waals surface area contributed by atoms with Crippen molar-refractivity contribution in [2.45, 2.75) is 89.9 Å². The van der Waals surface area contributed by atoms with E-state index < -0.39 is 0 Å². The highest BCUT2D eigenvalue weighted by molar-refractivity contribution is 6.06. The fourth-order valence-corrected chi connectivity index (χ4v) is 7.82. The quantitative estimate of drug-likeness (QED) is 0.307. The Hall–Kier alpha value is -2.90. The molecule has 6 heteroatoms. The second-order valence-corrected chi connectivity index (χ2v) is 13.2. The van der Waals surface area contributed by atoms with Gasteiger partial charge in [-0.15, -0.1) is 0 Å². The highest BCUT2D eigenvalue weighted by Gasteiger charge is 2.37. The lowest BCUT2D eigenvalue weighted by Gasteiger charge is -2.18. The molecular formula is C36H46N6. The number of benzene rings is 3. The Kier molecular flexibility index (Phi) is 7.74. The van der Waals surface area contributed by atoms with Crippen LogP contribution in [-0.4, -0.2) is 61.0 Å². The molecule has 0 aromatic heterocycles. The molecule has 0 saturated carbocycles. The van der Waals surface area contributed by atoms with Gasteiger partial charge < -0.3 is 10.6 Å². The molecule has 4 aliphatic rings. The van der Waals surface area contributed by atoms with Gasteiger partial charge >= 0.3 is 0 Å². The normalized spacial score (nSPS) is 33.0. The fraction of sp³-hybridized carbons (Fsp3) is 0.500. The number of hydrogen-bond acceptors (Lipinski definition) is 6. The predicted molar refractivity (Wildman–Crippen MR) is 176 cm³/mol. The molecule has 0 radical (unpaired) electrons. The van der Waals surface area contributed by atoms with Crippen LogP contribution in [0.1, 0.15) is 64.5 Å². The van der Waals surface area contributed by atoms with Gasteiger partial charge in [0.2, 0.25) is 0 Å². The summed E-state index contributed by atoms with van der Waals surface area (Å²) in [4.78, 5) is 10.2. The summed E-state index contributed by atoms with van der Waals surface area (Å²) < 4.78 is 0. The lowest BCUT2D eigenvalue weighted by Crippen LogP contribution is -2.43. The van der Waals surface area contributed by atoms with Crippen LogP contribution in [0.3, 0.4) is 0 Å². The average molecular weight is 563 g/mol. The van der Waals surface area contributed by atoms with Crippen LogP contribution in [0, 0.1) is 11.8 Å². The second-order valence-electron chi connectivity index (χ2n) is 13.2. The summed E-state index contributed by atoms with van der Waals surface area (Å²) in [6.45, 7) is 10.9. The molecule has 4 aliphatic heterocycles. The predicted octanol–water partition coefficient (Wildman–Crippen LogP) is 5.50. The van der Waals surface area contributed by atoms with Gasteiger partial charge in [-0.3, -0.25) is 20.6 Å². The molecule has 42 heavy (non-hydrogen) atoms. The van der Waals surface area contributed by atoms with Gasteiger partial charge in [-0.05, 0) is 82.7 Å². The maximum absolute atomic E-state index is 5.12. The number of fused-ring (bicyclic) bond motifs is 1. The van der Waals surface area contributed by atoms with Gasteiger partial charge in [-0.1, -0.05) is 76.2 Å². The van der Waals surface area contributed by atoms with Crippen molar-refractivity contribution < 1.29 is 0 Å². The molecule has 0 bridgehead atoms. The first kappa shape index (κ1) is 27.9. The van der Waals surface area contributed by atoms with Crippen LogP contribution in [0.15, 0.2) is 70.6 Å². The van der Waals surface area contributed by atoms with E-state index in [9.17, 15) is 0 Å². The Morgan fingerprint density at radius 1 is 0.595 bits per heavy atom. The van der Waals surface area contributed by atoms with Crippen LogP contribution in [0.25, 0.3) is 21.9 Å². The molecule has 2 saturated heterocycles. The zero-order chi connectivity index (χ0) is 28.8. The van der Waals surface area contributed by atoms with Crippen LogP contribution in [0.4, 0.5) is 0 Å². The monoisotopic (exact) mass is 562 g/mol. The highest BCUT2D eigenvalue weighted by Crippen LogP contribution is 2.29. The van der Waals surface area contributed by atoms with Crippen molar-refractivity contribution in [3.05, 3.63) is 71.8 Å². The number of nitrogens with one attached hydrogen (secondary N) is 4. The first-order valence-corrected chi connectivity index (χ1v) is 16.3. The Morgan fingerprint density at radius 3 is 1.57 bits per heavy atom. The minimum atomic E-state index is 0.174. The van der Waals surface area contributed by atoms with Crippen molar-refractivity contribution in [1.29, 1.82) is 0 Å². The maximum Gasteiger partial charge on any atom is 0.116 e. The molecule has 0 aliphatic carbocycles. The summed E-state index contributed by atoms with van der Waals surface area (Å²) >= 11 is 0. The Labute approximate surface area is 250 Å². The molecule has 220 valence electrons. The fourth-order valence-electron chi connectivity index (χ4n) is 7.82. The molecule has 2 fully saturated rings. The molecule has 4 heterocycles. The summed E-state index contributed by atoms with van der Waals surface area (Å²) in [5, 5.41) is 17.4. The Bertz CT molecular complexity index is 1490. The van der Waals surface area contributed by atoms with E-state index in [0.29, 0.717) is 36.0 Å². The van der Waals surface area contributed by atoms with E-state index >= 15 is 0 Å². The Morgan fingerprint density at radius 2 is 1.05 bits per heavy atom. The number of rotatable bonds is 7. The molecule has 7 rings (SSSR count). The van der Waals surface area contributed by atoms with E-state index in [0.717, 1.165) is 13.1 Å². The first-order chi connectivity index (χ1) is 20.5. The van der Waals surface area contributed by atoms with Gasteiger partial charge in [0.05, 0.1) is 11.4 Å². The minimum absolute atomic E-state index is 0.174. The van der Waals surface area contributed by atoms with E-state index in [1.807, 2.05) is 0 Å². The van der Waals surface area contributed by atoms with Crippen molar-refractivity contribution in [2.75, 3.05) is 13.1 Å². The van der Waals surface area contributed by atoms with Crippen molar-refractivity contribution in [1.82, 2.24) is 21.3 Å². The molecule has 8 unspecified atom stereocenters. The van der Waals surface area contributed by atoms with Crippen LogP contribution in [0.5, 0.6) is 0 Å².